The topological polar surface area (TPSA) is 106 Å². The first-order chi connectivity index (χ1) is 20.7. The van der Waals surface area contributed by atoms with E-state index in [2.05, 4.69) is 25.8 Å². The molecule has 3 aromatic heterocycles. The lowest BCUT2D eigenvalue weighted by Gasteiger charge is -2.30. The molecule has 0 aliphatic rings. The highest BCUT2D eigenvalue weighted by molar-refractivity contribution is 5.96. The number of ether oxygens (including phenoxy) is 2. The van der Waals surface area contributed by atoms with E-state index in [9.17, 15) is 36.7 Å². The average Bonchev–Trinajstić information content (AvgIpc) is 3.41. The van der Waals surface area contributed by atoms with E-state index in [1.807, 2.05) is 0 Å². The van der Waals surface area contributed by atoms with Crippen LogP contribution in [0.2, 0.25) is 0 Å². The Morgan fingerprint density at radius 1 is 0.955 bits per heavy atom. The Kier molecular flexibility index (Phi) is 7.46. The highest BCUT2D eigenvalue weighted by Crippen LogP contribution is 2.43. The highest BCUT2D eigenvalue weighted by atomic mass is 19.4. The molecule has 0 saturated carbocycles. The zero-order valence-electron chi connectivity index (χ0n) is 23.1. The number of nitriles is 1. The van der Waals surface area contributed by atoms with Crippen LogP contribution in [0.1, 0.15) is 33.6 Å². The standard InChI is InChI=1S/C30H21F6N5O3/c1-16-10-19(28(42,24-14-38-15-41(24)2)18-6-9-23(39-13-18)29(31,32)33)11-21-22(12-37)25(27(43-3)40-26(16)21)17-4-7-20(8-5-17)44-30(34,35)36/h4-11,13-15,42H,1-3H3. The molecule has 14 heteroatoms. The molecule has 2 aromatic carbocycles. The Morgan fingerprint density at radius 2 is 1.66 bits per heavy atom. The maximum Gasteiger partial charge on any atom is 0.573 e. The average molecular weight is 614 g/mol. The lowest BCUT2D eigenvalue weighted by atomic mass is 9.82. The summed E-state index contributed by atoms with van der Waals surface area (Å²) in [6, 6.07) is 11.8. The highest BCUT2D eigenvalue weighted by Gasteiger charge is 2.39. The van der Waals surface area contributed by atoms with Crippen molar-refractivity contribution in [3.05, 3.63) is 101 Å². The summed E-state index contributed by atoms with van der Waals surface area (Å²) >= 11 is 0. The number of aliphatic hydroxyl groups is 1. The van der Waals surface area contributed by atoms with Crippen molar-refractivity contribution in [3.63, 3.8) is 0 Å². The summed E-state index contributed by atoms with van der Waals surface area (Å²) in [7, 11) is 2.92. The lowest BCUT2D eigenvalue weighted by Crippen LogP contribution is -2.31. The molecule has 0 aliphatic carbocycles. The fourth-order valence-corrected chi connectivity index (χ4v) is 5.03. The summed E-state index contributed by atoms with van der Waals surface area (Å²) in [6.07, 6.45) is -5.93. The molecule has 0 fully saturated rings. The van der Waals surface area contributed by atoms with E-state index in [1.54, 1.807) is 20.0 Å². The van der Waals surface area contributed by atoms with Crippen LogP contribution in [0.4, 0.5) is 26.3 Å². The predicted octanol–water partition coefficient (Wildman–Crippen LogP) is 6.42. The summed E-state index contributed by atoms with van der Waals surface area (Å²) in [6.45, 7) is 1.66. The third kappa shape index (κ3) is 5.37. The van der Waals surface area contributed by atoms with Gasteiger partial charge in [0.05, 0.1) is 42.0 Å². The minimum Gasteiger partial charge on any atom is -0.480 e. The van der Waals surface area contributed by atoms with Crippen molar-refractivity contribution in [2.75, 3.05) is 7.11 Å². The van der Waals surface area contributed by atoms with Gasteiger partial charge in [-0.1, -0.05) is 24.3 Å². The normalized spacial score (nSPS) is 13.4. The number of imidazole rings is 1. The van der Waals surface area contributed by atoms with Gasteiger partial charge in [-0.15, -0.1) is 13.2 Å². The van der Waals surface area contributed by atoms with Crippen molar-refractivity contribution in [1.29, 1.82) is 5.26 Å². The minimum absolute atomic E-state index is 0.00620. The molecule has 226 valence electrons. The van der Waals surface area contributed by atoms with Crippen molar-refractivity contribution in [2.24, 2.45) is 7.05 Å². The maximum absolute atomic E-state index is 13.3. The van der Waals surface area contributed by atoms with E-state index in [0.717, 1.165) is 30.5 Å². The van der Waals surface area contributed by atoms with E-state index in [0.29, 0.717) is 16.6 Å². The third-order valence-corrected chi connectivity index (χ3v) is 7.01. The number of hydrogen-bond donors (Lipinski definition) is 1. The molecule has 0 saturated heterocycles. The molecular weight excluding hydrogens is 592 g/mol. The van der Waals surface area contributed by atoms with Gasteiger partial charge in [-0.05, 0) is 47.9 Å². The number of rotatable bonds is 6. The van der Waals surface area contributed by atoms with Gasteiger partial charge in [0.15, 0.2) is 5.60 Å². The minimum atomic E-state index is -4.90. The number of aryl methyl sites for hydroxylation is 2. The molecule has 5 aromatic rings. The van der Waals surface area contributed by atoms with E-state index in [-0.39, 0.29) is 39.2 Å². The van der Waals surface area contributed by atoms with E-state index < -0.39 is 29.6 Å². The van der Waals surface area contributed by atoms with Crippen LogP contribution in [0.5, 0.6) is 11.6 Å². The number of methoxy groups -OCH3 is 1. The van der Waals surface area contributed by atoms with Gasteiger partial charge in [0, 0.05) is 24.2 Å². The molecule has 5 rings (SSSR count). The molecule has 1 unspecified atom stereocenters. The van der Waals surface area contributed by atoms with Gasteiger partial charge in [0.2, 0.25) is 5.88 Å². The van der Waals surface area contributed by atoms with Crippen LogP contribution in [0, 0.1) is 18.3 Å². The number of alkyl halides is 6. The Labute approximate surface area is 245 Å². The quantitative estimate of drug-likeness (QED) is 0.220. The van der Waals surface area contributed by atoms with Gasteiger partial charge >= 0.3 is 12.5 Å². The van der Waals surface area contributed by atoms with Crippen LogP contribution in [-0.2, 0) is 18.8 Å². The monoisotopic (exact) mass is 613 g/mol. The molecule has 3 heterocycles. The number of fused-ring (bicyclic) bond motifs is 1. The molecule has 0 bridgehead atoms. The Morgan fingerprint density at radius 3 is 2.18 bits per heavy atom. The number of hydrogen-bond acceptors (Lipinski definition) is 7. The summed E-state index contributed by atoms with van der Waals surface area (Å²) in [5, 5.41) is 22.9. The second-order valence-electron chi connectivity index (χ2n) is 9.77. The molecular formula is C30H21F6N5O3. The first-order valence-corrected chi connectivity index (χ1v) is 12.7. The molecule has 0 radical (unpaired) electrons. The van der Waals surface area contributed by atoms with Crippen LogP contribution in [0.15, 0.2) is 67.3 Å². The van der Waals surface area contributed by atoms with Crippen molar-refractivity contribution in [1.82, 2.24) is 19.5 Å². The van der Waals surface area contributed by atoms with E-state index in [4.69, 9.17) is 4.74 Å². The lowest BCUT2D eigenvalue weighted by molar-refractivity contribution is -0.274. The van der Waals surface area contributed by atoms with E-state index >= 15 is 0 Å². The van der Waals surface area contributed by atoms with Gasteiger partial charge < -0.3 is 19.1 Å². The Hall–Kier alpha value is -5.16. The number of halogens is 6. The van der Waals surface area contributed by atoms with Crippen LogP contribution in [0.3, 0.4) is 0 Å². The molecule has 8 nitrogen and oxygen atoms in total. The zero-order chi connectivity index (χ0) is 32.0. The zero-order valence-corrected chi connectivity index (χ0v) is 23.1. The van der Waals surface area contributed by atoms with Crippen LogP contribution in [0.25, 0.3) is 22.0 Å². The van der Waals surface area contributed by atoms with Gasteiger partial charge in [0.1, 0.15) is 17.5 Å². The summed E-state index contributed by atoms with van der Waals surface area (Å²) in [4.78, 5) is 12.1. The van der Waals surface area contributed by atoms with Crippen LogP contribution in [-0.4, -0.2) is 38.1 Å². The van der Waals surface area contributed by atoms with E-state index in [1.165, 1.54) is 42.4 Å². The summed E-state index contributed by atoms with van der Waals surface area (Å²) < 4.78 is 88.8. The molecule has 0 amide bonds. The summed E-state index contributed by atoms with van der Waals surface area (Å²) in [5.41, 5.74) is -1.61. The number of benzene rings is 2. The molecule has 1 atom stereocenters. The molecule has 44 heavy (non-hydrogen) atoms. The van der Waals surface area contributed by atoms with Gasteiger partial charge in [0.25, 0.3) is 0 Å². The van der Waals surface area contributed by atoms with Crippen molar-refractivity contribution >= 4 is 10.9 Å². The number of aromatic nitrogens is 4. The molecule has 0 aliphatic heterocycles. The van der Waals surface area contributed by atoms with Gasteiger partial charge in [-0.3, -0.25) is 4.98 Å². The fraction of sp³-hybridized carbons (Fsp3) is 0.200. The van der Waals surface area contributed by atoms with Crippen molar-refractivity contribution < 1.29 is 40.9 Å². The van der Waals surface area contributed by atoms with Crippen LogP contribution < -0.4 is 9.47 Å². The number of pyridine rings is 2. The van der Waals surface area contributed by atoms with Crippen LogP contribution >= 0.6 is 0 Å². The smallest absolute Gasteiger partial charge is 0.480 e. The second kappa shape index (κ2) is 10.8. The van der Waals surface area contributed by atoms with Crippen molar-refractivity contribution in [2.45, 2.75) is 25.1 Å². The number of nitrogens with zero attached hydrogens (tertiary/aromatic N) is 5. The predicted molar refractivity (Wildman–Crippen MR) is 144 cm³/mol. The Bertz CT molecular complexity index is 1900. The second-order valence-corrected chi connectivity index (χ2v) is 9.77. The SMILES string of the molecule is COc1nc2c(C)cc(C(O)(c3ccc(C(F)(F)F)nc3)c3cncn3C)cc2c(C#N)c1-c1ccc(OC(F)(F)F)cc1. The van der Waals surface area contributed by atoms with Crippen molar-refractivity contribution in [3.8, 4) is 28.8 Å². The first-order valence-electron chi connectivity index (χ1n) is 12.7. The molecule has 0 spiro atoms. The first kappa shape index (κ1) is 30.3. The summed E-state index contributed by atoms with van der Waals surface area (Å²) in [5.74, 6) is -0.458. The Balaban J connectivity index is 1.76. The van der Waals surface area contributed by atoms with Gasteiger partial charge in [-0.25, -0.2) is 9.97 Å². The third-order valence-electron chi connectivity index (χ3n) is 7.01. The largest absolute Gasteiger partial charge is 0.573 e. The van der Waals surface area contributed by atoms with Gasteiger partial charge in [-0.2, -0.15) is 18.4 Å². The molecule has 1 N–H and O–H groups in total. The fourth-order valence-electron chi connectivity index (χ4n) is 5.03. The maximum atomic E-state index is 13.3.